The molecule has 0 saturated carbocycles. The van der Waals surface area contributed by atoms with Crippen molar-refractivity contribution in [3.05, 3.63) is 55.0 Å². The zero-order valence-electron chi connectivity index (χ0n) is 23.7. The van der Waals surface area contributed by atoms with E-state index in [4.69, 9.17) is 36.0 Å². The first-order chi connectivity index (χ1) is 20.2. The van der Waals surface area contributed by atoms with Gasteiger partial charge in [0.05, 0.1) is 33.5 Å². The number of halogens is 2. The van der Waals surface area contributed by atoms with Crippen LogP contribution in [0.1, 0.15) is 62.5 Å². The molecular formula is C32H32Cl2N4O2S2. The number of thiazole rings is 2. The zero-order chi connectivity index (χ0) is 30.2. The number of aromatic nitrogens is 2. The highest BCUT2D eigenvalue weighted by atomic mass is 35.5. The van der Waals surface area contributed by atoms with Gasteiger partial charge in [0.15, 0.2) is 9.60 Å². The molecule has 0 unspecified atom stereocenters. The van der Waals surface area contributed by atoms with Crippen molar-refractivity contribution in [2.75, 3.05) is 0 Å². The molecule has 2 amide bonds. The molecule has 2 heterocycles. The fraction of sp³-hybridized carbons (Fsp3) is 0.375. The Kier molecular flexibility index (Phi) is 11.2. The Bertz CT molecular complexity index is 1730. The molecule has 0 N–H and O–H groups in total. The number of terminal acetylenes is 2. The van der Waals surface area contributed by atoms with Crippen LogP contribution in [0.25, 0.3) is 20.4 Å². The summed E-state index contributed by atoms with van der Waals surface area (Å²) in [5.74, 6) is 5.00. The van der Waals surface area contributed by atoms with Crippen LogP contribution in [-0.4, -0.2) is 20.9 Å². The van der Waals surface area contributed by atoms with Gasteiger partial charge in [-0.15, -0.1) is 12.8 Å². The Morgan fingerprint density at radius 1 is 0.714 bits per heavy atom. The van der Waals surface area contributed by atoms with Crippen molar-refractivity contribution in [3.8, 4) is 24.7 Å². The van der Waals surface area contributed by atoms with Crippen LogP contribution >= 0.6 is 45.9 Å². The summed E-state index contributed by atoms with van der Waals surface area (Å²) in [4.78, 5) is 35.1. The molecule has 0 fully saturated rings. The van der Waals surface area contributed by atoms with E-state index in [0.29, 0.717) is 45.6 Å². The number of carbonyl (C=O) groups is 2. The van der Waals surface area contributed by atoms with Crippen LogP contribution in [0, 0.1) is 38.5 Å². The van der Waals surface area contributed by atoms with Gasteiger partial charge in [-0.2, -0.15) is 9.98 Å². The van der Waals surface area contributed by atoms with Gasteiger partial charge in [-0.1, -0.05) is 83.4 Å². The van der Waals surface area contributed by atoms with Crippen LogP contribution in [-0.2, 0) is 22.7 Å². The maximum Gasteiger partial charge on any atom is 0.248 e. The minimum atomic E-state index is -0.149. The van der Waals surface area contributed by atoms with Crippen LogP contribution in [0.3, 0.4) is 0 Å². The van der Waals surface area contributed by atoms with Crippen molar-refractivity contribution in [1.82, 2.24) is 9.13 Å². The molecule has 0 saturated heterocycles. The van der Waals surface area contributed by atoms with E-state index < -0.39 is 0 Å². The van der Waals surface area contributed by atoms with Gasteiger partial charge < -0.3 is 9.13 Å². The Labute approximate surface area is 263 Å². The molecule has 4 aromatic rings. The summed E-state index contributed by atoms with van der Waals surface area (Å²) in [6, 6.07) is 7.57. The summed E-state index contributed by atoms with van der Waals surface area (Å²) >= 11 is 15.5. The predicted molar refractivity (Wildman–Crippen MR) is 175 cm³/mol. The lowest BCUT2D eigenvalue weighted by Crippen LogP contribution is -2.16. The van der Waals surface area contributed by atoms with Gasteiger partial charge in [-0.05, 0) is 62.1 Å². The smallest absolute Gasteiger partial charge is 0.248 e. The van der Waals surface area contributed by atoms with Crippen molar-refractivity contribution in [2.24, 2.45) is 9.98 Å². The van der Waals surface area contributed by atoms with Gasteiger partial charge in [-0.3, -0.25) is 9.59 Å². The number of hydrogen-bond donors (Lipinski definition) is 0. The minimum absolute atomic E-state index is 0.149. The standard InChI is InChI=1S/C32H32Cl2N4O2S2/c1-5-19-37-29-21(3)23(33)15-17-25(29)41-31(37)35-27(39)13-11-9-7-8-10-12-14-28(40)36-32-38(20-6-2)30-22(4)24(34)16-18-26(30)42-32/h1-2,15-18H,7-14,19-20H2,3-4H3. The third kappa shape index (κ3) is 7.43. The van der Waals surface area contributed by atoms with E-state index in [1.165, 1.54) is 22.7 Å². The summed E-state index contributed by atoms with van der Waals surface area (Å²) in [6.07, 6.45) is 17.3. The van der Waals surface area contributed by atoms with Crippen LogP contribution in [0.2, 0.25) is 10.0 Å². The van der Waals surface area contributed by atoms with Gasteiger partial charge in [0.1, 0.15) is 0 Å². The molecule has 0 aliphatic heterocycles. The zero-order valence-corrected chi connectivity index (χ0v) is 26.9. The number of benzene rings is 2. The predicted octanol–water partition coefficient (Wildman–Crippen LogP) is 7.58. The molecule has 0 aliphatic rings. The fourth-order valence-electron chi connectivity index (χ4n) is 4.86. The molecule has 0 bridgehead atoms. The molecule has 0 atom stereocenters. The summed E-state index contributed by atoms with van der Waals surface area (Å²) < 4.78 is 5.78. The van der Waals surface area contributed by atoms with Crippen LogP contribution < -0.4 is 9.60 Å². The molecule has 10 heteroatoms. The second-order valence-corrected chi connectivity index (χ2v) is 12.9. The molecule has 0 aliphatic carbocycles. The van der Waals surface area contributed by atoms with Gasteiger partial charge >= 0.3 is 0 Å². The highest BCUT2D eigenvalue weighted by molar-refractivity contribution is 7.16. The summed E-state index contributed by atoms with van der Waals surface area (Å²) in [5.41, 5.74) is 3.72. The Morgan fingerprint density at radius 2 is 1.10 bits per heavy atom. The third-order valence-electron chi connectivity index (χ3n) is 7.03. The first-order valence-electron chi connectivity index (χ1n) is 13.8. The van der Waals surface area contributed by atoms with Crippen molar-refractivity contribution in [2.45, 2.75) is 78.3 Å². The maximum atomic E-state index is 12.6. The van der Waals surface area contributed by atoms with Crippen LogP contribution in [0.5, 0.6) is 0 Å². The lowest BCUT2D eigenvalue weighted by molar-refractivity contribution is -0.119. The van der Waals surface area contributed by atoms with E-state index in [-0.39, 0.29) is 11.8 Å². The molecule has 42 heavy (non-hydrogen) atoms. The van der Waals surface area contributed by atoms with E-state index >= 15 is 0 Å². The molecule has 2 aromatic heterocycles. The highest BCUT2D eigenvalue weighted by Crippen LogP contribution is 2.28. The number of amides is 2. The SMILES string of the molecule is C#CCn1c(=NC(=O)CCCCCCCCC(=O)N=c2sc3ccc(Cl)c(C)c3n2CC#C)sc2ccc(Cl)c(C)c21. The maximum absolute atomic E-state index is 12.6. The van der Waals surface area contributed by atoms with Crippen molar-refractivity contribution in [1.29, 1.82) is 0 Å². The Balaban J connectivity index is 1.23. The lowest BCUT2D eigenvalue weighted by Gasteiger charge is -2.04. The quantitative estimate of drug-likeness (QED) is 0.125. The normalized spacial score (nSPS) is 12.2. The summed E-state index contributed by atoms with van der Waals surface area (Å²) in [5, 5.41) is 1.32. The lowest BCUT2D eigenvalue weighted by atomic mass is 10.1. The monoisotopic (exact) mass is 638 g/mol. The van der Waals surface area contributed by atoms with Crippen molar-refractivity contribution < 1.29 is 9.59 Å². The molecule has 218 valence electrons. The number of nitrogens with zero attached hydrogens (tertiary/aromatic N) is 4. The van der Waals surface area contributed by atoms with Crippen molar-refractivity contribution >= 4 is 78.1 Å². The minimum Gasteiger partial charge on any atom is -0.304 e. The number of aryl methyl sites for hydroxylation is 2. The van der Waals surface area contributed by atoms with Gasteiger partial charge in [0, 0.05) is 22.9 Å². The topological polar surface area (TPSA) is 68.7 Å². The molecule has 6 nitrogen and oxygen atoms in total. The van der Waals surface area contributed by atoms with Crippen LogP contribution in [0.4, 0.5) is 0 Å². The average molecular weight is 640 g/mol. The second-order valence-electron chi connectivity index (χ2n) is 10.0. The molecule has 2 aromatic carbocycles. The van der Waals surface area contributed by atoms with Gasteiger partial charge in [0.2, 0.25) is 11.8 Å². The van der Waals surface area contributed by atoms with Crippen LogP contribution in [0.15, 0.2) is 34.3 Å². The first kappa shape index (κ1) is 31.8. The molecule has 0 spiro atoms. The number of unbranched alkanes of at least 4 members (excludes halogenated alkanes) is 5. The van der Waals surface area contributed by atoms with Crippen molar-refractivity contribution in [3.63, 3.8) is 0 Å². The molecule has 4 rings (SSSR count). The molecule has 0 radical (unpaired) electrons. The number of hydrogen-bond acceptors (Lipinski definition) is 4. The van der Waals surface area contributed by atoms with Gasteiger partial charge in [-0.25, -0.2) is 0 Å². The Hall–Kier alpha value is -3.14. The van der Waals surface area contributed by atoms with E-state index in [0.717, 1.165) is 70.1 Å². The van der Waals surface area contributed by atoms with E-state index in [1.54, 1.807) is 0 Å². The highest BCUT2D eigenvalue weighted by Gasteiger charge is 2.13. The summed E-state index contributed by atoms with van der Waals surface area (Å²) in [6.45, 7) is 4.54. The van der Waals surface area contributed by atoms with E-state index in [2.05, 4.69) is 21.8 Å². The van der Waals surface area contributed by atoms with E-state index in [9.17, 15) is 9.59 Å². The Morgan fingerprint density at radius 3 is 1.48 bits per heavy atom. The second kappa shape index (κ2) is 14.8. The number of rotatable bonds is 11. The molecular weight excluding hydrogens is 607 g/mol. The van der Waals surface area contributed by atoms with E-state index in [1.807, 2.05) is 47.2 Å². The first-order valence-corrected chi connectivity index (χ1v) is 16.2. The summed E-state index contributed by atoms with van der Waals surface area (Å²) in [7, 11) is 0. The van der Waals surface area contributed by atoms with Gasteiger partial charge in [0.25, 0.3) is 0 Å². The largest absolute Gasteiger partial charge is 0.304 e. The number of fused-ring (bicyclic) bond motifs is 2. The third-order valence-corrected chi connectivity index (χ3v) is 9.94. The number of carbonyl (C=O) groups excluding carboxylic acids is 2. The fourth-order valence-corrected chi connectivity index (χ4v) is 7.38. The average Bonchev–Trinajstić information content (AvgIpc) is 3.48.